The van der Waals surface area contributed by atoms with E-state index in [1.54, 1.807) is 20.8 Å². The number of halogens is 1. The van der Waals surface area contributed by atoms with E-state index in [4.69, 9.17) is 4.74 Å². The normalized spacial score (nSPS) is 18.1. The molecule has 1 aromatic rings. The monoisotopic (exact) mass is 378 g/mol. The summed E-state index contributed by atoms with van der Waals surface area (Å²) in [6, 6.07) is 2.52. The van der Waals surface area contributed by atoms with Gasteiger partial charge in [-0.05, 0) is 45.7 Å². The van der Waals surface area contributed by atoms with Crippen molar-refractivity contribution in [1.82, 2.24) is 4.90 Å². The van der Waals surface area contributed by atoms with Crippen LogP contribution in [0.5, 0.6) is 0 Å². The fourth-order valence-electron chi connectivity index (χ4n) is 3.66. The van der Waals surface area contributed by atoms with E-state index in [0.29, 0.717) is 0 Å². The summed E-state index contributed by atoms with van der Waals surface area (Å²) in [4.78, 5) is 38.1. The first-order valence-corrected chi connectivity index (χ1v) is 8.79. The summed E-state index contributed by atoms with van der Waals surface area (Å²) in [5, 5.41) is 2.68. The van der Waals surface area contributed by atoms with Crippen LogP contribution in [-0.4, -0.2) is 48.7 Å². The van der Waals surface area contributed by atoms with Gasteiger partial charge in [-0.3, -0.25) is 4.79 Å². The fraction of sp³-hybridized carbons (Fsp3) is 0.526. The van der Waals surface area contributed by atoms with Crippen molar-refractivity contribution in [2.45, 2.75) is 44.6 Å². The van der Waals surface area contributed by atoms with Crippen LogP contribution in [0.1, 0.15) is 49.5 Å². The van der Waals surface area contributed by atoms with Crippen LogP contribution in [0, 0.1) is 5.82 Å². The summed E-state index contributed by atoms with van der Waals surface area (Å²) in [7, 11) is 1.21. The third-order valence-corrected chi connectivity index (χ3v) is 4.94. The molecule has 8 heteroatoms. The number of carbonyl (C=O) groups excluding carboxylic acids is 3. The molecule has 3 rings (SSSR count). The first kappa shape index (κ1) is 19.1. The molecule has 0 radical (unpaired) electrons. The number of ether oxygens (including phenoxy) is 2. The number of anilines is 1. The van der Waals surface area contributed by atoms with E-state index in [1.807, 2.05) is 0 Å². The SMILES string of the molecule is COC(=O)c1cc(F)c2c(c1)NC(=O)C21CCN(C(=O)OC(C)(C)C)CC1. The number of fused-ring (bicyclic) bond motifs is 2. The number of benzene rings is 1. The minimum atomic E-state index is -1.05. The number of piperidine rings is 1. The van der Waals surface area contributed by atoms with E-state index in [-0.39, 0.29) is 48.7 Å². The van der Waals surface area contributed by atoms with Crippen LogP contribution in [0.4, 0.5) is 14.9 Å². The number of carbonyl (C=O) groups is 3. The van der Waals surface area contributed by atoms with Gasteiger partial charge in [-0.2, -0.15) is 0 Å². The van der Waals surface area contributed by atoms with E-state index >= 15 is 0 Å². The molecule has 2 aliphatic heterocycles. The highest BCUT2D eigenvalue weighted by atomic mass is 19.1. The molecule has 2 amide bonds. The van der Waals surface area contributed by atoms with E-state index in [9.17, 15) is 18.8 Å². The van der Waals surface area contributed by atoms with Crippen molar-refractivity contribution in [1.29, 1.82) is 0 Å². The first-order chi connectivity index (χ1) is 12.6. The van der Waals surface area contributed by atoms with Gasteiger partial charge in [0.25, 0.3) is 0 Å². The van der Waals surface area contributed by atoms with Gasteiger partial charge in [0.1, 0.15) is 11.4 Å². The van der Waals surface area contributed by atoms with Crippen LogP contribution in [0.15, 0.2) is 12.1 Å². The second-order valence-electron chi connectivity index (χ2n) is 7.88. The molecule has 0 bridgehead atoms. The Morgan fingerprint density at radius 3 is 2.41 bits per heavy atom. The Morgan fingerprint density at radius 2 is 1.85 bits per heavy atom. The summed E-state index contributed by atoms with van der Waals surface area (Å²) >= 11 is 0. The summed E-state index contributed by atoms with van der Waals surface area (Å²) in [5.41, 5.74) is -1.08. The summed E-state index contributed by atoms with van der Waals surface area (Å²) in [6.45, 7) is 5.90. The predicted molar refractivity (Wildman–Crippen MR) is 95.1 cm³/mol. The predicted octanol–water partition coefficient (Wildman–Crippen LogP) is 2.83. The number of methoxy groups -OCH3 is 1. The van der Waals surface area contributed by atoms with Crippen LogP contribution in [0.25, 0.3) is 0 Å². The molecule has 1 aromatic carbocycles. The lowest BCUT2D eigenvalue weighted by Gasteiger charge is -2.38. The van der Waals surface area contributed by atoms with Gasteiger partial charge in [0.15, 0.2) is 0 Å². The van der Waals surface area contributed by atoms with Crippen molar-refractivity contribution in [2.24, 2.45) is 0 Å². The van der Waals surface area contributed by atoms with Gasteiger partial charge in [-0.1, -0.05) is 0 Å². The van der Waals surface area contributed by atoms with Gasteiger partial charge >= 0.3 is 12.1 Å². The van der Waals surface area contributed by atoms with Crippen LogP contribution < -0.4 is 5.32 Å². The van der Waals surface area contributed by atoms with Crippen molar-refractivity contribution in [3.8, 4) is 0 Å². The Morgan fingerprint density at radius 1 is 1.22 bits per heavy atom. The lowest BCUT2D eigenvalue weighted by atomic mass is 9.73. The topological polar surface area (TPSA) is 84.9 Å². The highest BCUT2D eigenvalue weighted by Gasteiger charge is 2.51. The highest BCUT2D eigenvalue weighted by molar-refractivity contribution is 6.07. The number of esters is 1. The molecule has 0 atom stereocenters. The number of nitrogens with zero attached hydrogens (tertiary/aromatic N) is 1. The molecule has 27 heavy (non-hydrogen) atoms. The van der Waals surface area contributed by atoms with Gasteiger partial charge in [0.05, 0.1) is 18.1 Å². The Hall–Kier alpha value is -2.64. The minimum Gasteiger partial charge on any atom is -0.465 e. The molecule has 7 nitrogen and oxygen atoms in total. The first-order valence-electron chi connectivity index (χ1n) is 8.79. The van der Waals surface area contributed by atoms with Gasteiger partial charge in [-0.15, -0.1) is 0 Å². The number of nitrogens with one attached hydrogen (secondary N) is 1. The van der Waals surface area contributed by atoms with E-state index in [1.165, 1.54) is 18.1 Å². The van der Waals surface area contributed by atoms with E-state index in [2.05, 4.69) is 10.1 Å². The standard InChI is InChI=1S/C19H23FN2O5/c1-18(2,3)27-17(25)22-7-5-19(6-8-22)14-12(20)9-11(15(23)26-4)10-13(14)21-16(19)24/h9-10H,5-8H2,1-4H3,(H,21,24). The summed E-state index contributed by atoms with van der Waals surface area (Å²) in [6.07, 6.45) is 0.108. The molecular formula is C19H23FN2O5. The highest BCUT2D eigenvalue weighted by Crippen LogP contribution is 2.46. The van der Waals surface area contributed by atoms with Crippen LogP contribution in [0.3, 0.4) is 0 Å². The Bertz CT molecular complexity index is 807. The zero-order valence-corrected chi connectivity index (χ0v) is 15.8. The quantitative estimate of drug-likeness (QED) is 0.760. The molecule has 1 N–H and O–H groups in total. The molecule has 0 saturated carbocycles. The van der Waals surface area contributed by atoms with Gasteiger partial charge in [-0.25, -0.2) is 14.0 Å². The summed E-state index contributed by atoms with van der Waals surface area (Å²) in [5.74, 6) is -1.62. The molecule has 146 valence electrons. The molecule has 0 aromatic heterocycles. The third-order valence-electron chi connectivity index (χ3n) is 4.94. The second kappa shape index (κ2) is 6.51. The molecule has 0 aliphatic carbocycles. The second-order valence-corrected chi connectivity index (χ2v) is 7.88. The third kappa shape index (κ3) is 3.36. The lowest BCUT2D eigenvalue weighted by Crippen LogP contribution is -2.49. The molecule has 2 heterocycles. The maximum absolute atomic E-state index is 14.8. The van der Waals surface area contributed by atoms with Crippen molar-refractivity contribution in [2.75, 3.05) is 25.5 Å². The number of amides is 2. The lowest BCUT2D eigenvalue weighted by molar-refractivity contribution is -0.122. The van der Waals surface area contributed by atoms with Crippen molar-refractivity contribution in [3.63, 3.8) is 0 Å². The van der Waals surface area contributed by atoms with E-state index in [0.717, 1.165) is 6.07 Å². The van der Waals surface area contributed by atoms with Gasteiger partial charge in [0, 0.05) is 24.3 Å². The van der Waals surface area contributed by atoms with Crippen LogP contribution in [0.2, 0.25) is 0 Å². The average Bonchev–Trinajstić information content (AvgIpc) is 2.85. The number of rotatable bonds is 1. The molecule has 1 saturated heterocycles. The average molecular weight is 378 g/mol. The van der Waals surface area contributed by atoms with Gasteiger partial charge in [0.2, 0.25) is 5.91 Å². The fourth-order valence-corrected chi connectivity index (χ4v) is 3.66. The molecular weight excluding hydrogens is 355 g/mol. The minimum absolute atomic E-state index is 0.0392. The Labute approximate surface area is 156 Å². The Kier molecular flexibility index (Phi) is 4.61. The van der Waals surface area contributed by atoms with Gasteiger partial charge < -0.3 is 19.7 Å². The maximum atomic E-state index is 14.8. The van der Waals surface area contributed by atoms with Crippen molar-refractivity contribution >= 4 is 23.7 Å². The smallest absolute Gasteiger partial charge is 0.410 e. The number of likely N-dealkylation sites (tertiary alicyclic amines) is 1. The maximum Gasteiger partial charge on any atom is 0.410 e. The van der Waals surface area contributed by atoms with Crippen LogP contribution in [-0.2, 0) is 19.7 Å². The molecule has 2 aliphatic rings. The van der Waals surface area contributed by atoms with Crippen LogP contribution >= 0.6 is 0 Å². The number of hydrogen-bond acceptors (Lipinski definition) is 5. The van der Waals surface area contributed by atoms with E-state index < -0.39 is 28.9 Å². The zero-order chi connectivity index (χ0) is 20.0. The molecule has 0 unspecified atom stereocenters. The Balaban J connectivity index is 1.85. The van der Waals surface area contributed by atoms with Crippen molar-refractivity contribution < 1.29 is 28.2 Å². The number of hydrogen-bond donors (Lipinski definition) is 1. The van der Waals surface area contributed by atoms with Crippen molar-refractivity contribution in [3.05, 3.63) is 29.1 Å². The largest absolute Gasteiger partial charge is 0.465 e. The zero-order valence-electron chi connectivity index (χ0n) is 15.8. The summed E-state index contributed by atoms with van der Waals surface area (Å²) < 4.78 is 24.8. The molecule has 1 spiro atoms. The molecule has 1 fully saturated rings.